The van der Waals surface area contributed by atoms with Gasteiger partial charge in [0.15, 0.2) is 0 Å². The van der Waals surface area contributed by atoms with E-state index in [1.807, 2.05) is 13.0 Å². The molecule has 3 rings (SSSR count). The minimum absolute atomic E-state index is 0.0424. The molecule has 0 unspecified atom stereocenters. The summed E-state index contributed by atoms with van der Waals surface area (Å²) in [5.41, 5.74) is 1.53. The number of carbonyl (C=O) groups is 1. The highest BCUT2D eigenvalue weighted by molar-refractivity contribution is 7.92. The van der Waals surface area contributed by atoms with E-state index >= 15 is 0 Å². The fourth-order valence-corrected chi connectivity index (χ4v) is 4.81. The Bertz CT molecular complexity index is 1040. The van der Waals surface area contributed by atoms with E-state index in [0.717, 1.165) is 24.8 Å². The third kappa shape index (κ3) is 7.40. The van der Waals surface area contributed by atoms with Crippen LogP contribution in [0.3, 0.4) is 0 Å². The second-order valence-corrected chi connectivity index (χ2v) is 10.4. The molecule has 1 fully saturated rings. The molecule has 1 saturated heterocycles. The molecular formula is C23H32N4O5S. The number of ether oxygens (including phenoxy) is 2. The molecule has 1 amide bonds. The maximum absolute atomic E-state index is 12.9. The van der Waals surface area contributed by atoms with E-state index < -0.39 is 10.0 Å². The predicted molar refractivity (Wildman–Crippen MR) is 125 cm³/mol. The van der Waals surface area contributed by atoms with Gasteiger partial charge in [-0.1, -0.05) is 26.0 Å². The third-order valence-corrected chi connectivity index (χ3v) is 6.71. The van der Waals surface area contributed by atoms with Gasteiger partial charge in [-0.2, -0.15) is 4.98 Å². The molecule has 33 heavy (non-hydrogen) atoms. The van der Waals surface area contributed by atoms with Crippen molar-refractivity contribution in [1.82, 2.24) is 15.3 Å². The molecule has 0 saturated carbocycles. The molecule has 2 aromatic rings. The molecule has 1 aromatic carbocycles. The lowest BCUT2D eigenvalue weighted by Gasteiger charge is -2.23. The van der Waals surface area contributed by atoms with Crippen molar-refractivity contribution in [2.24, 2.45) is 5.92 Å². The second kappa shape index (κ2) is 11.4. The summed E-state index contributed by atoms with van der Waals surface area (Å²) in [5, 5.41) is 2.76. The van der Waals surface area contributed by atoms with Crippen molar-refractivity contribution < 1.29 is 22.7 Å². The first kappa shape index (κ1) is 24.9. The van der Waals surface area contributed by atoms with Crippen LogP contribution in [0.5, 0.6) is 5.88 Å². The number of benzene rings is 1. The molecule has 1 aromatic heterocycles. The van der Waals surface area contributed by atoms with Crippen LogP contribution in [0.1, 0.15) is 50.3 Å². The number of aryl methyl sites for hydroxylation is 1. The Morgan fingerprint density at radius 1 is 1.21 bits per heavy atom. The normalized spacial score (nSPS) is 15.8. The Kier molecular flexibility index (Phi) is 8.62. The van der Waals surface area contributed by atoms with Gasteiger partial charge in [0.05, 0.1) is 16.6 Å². The van der Waals surface area contributed by atoms with Crippen LogP contribution in [0.25, 0.3) is 0 Å². The Hall–Kier alpha value is -2.72. The van der Waals surface area contributed by atoms with E-state index in [-0.39, 0.29) is 35.3 Å². The summed E-state index contributed by atoms with van der Waals surface area (Å²) in [6.45, 7) is 7.40. The number of hydrogen-bond donors (Lipinski definition) is 2. The Morgan fingerprint density at radius 3 is 2.64 bits per heavy atom. The van der Waals surface area contributed by atoms with Crippen molar-refractivity contribution in [3.8, 4) is 5.88 Å². The molecule has 9 nitrogen and oxygen atoms in total. The third-order valence-electron chi connectivity index (χ3n) is 5.38. The van der Waals surface area contributed by atoms with E-state index in [2.05, 4.69) is 33.9 Å². The van der Waals surface area contributed by atoms with Crippen molar-refractivity contribution >= 4 is 22.4 Å². The van der Waals surface area contributed by atoms with Crippen molar-refractivity contribution in [3.05, 3.63) is 41.6 Å². The molecule has 1 aliphatic rings. The summed E-state index contributed by atoms with van der Waals surface area (Å²) in [6, 6.07) is 8.19. The van der Waals surface area contributed by atoms with E-state index in [4.69, 9.17) is 9.47 Å². The van der Waals surface area contributed by atoms with E-state index in [9.17, 15) is 13.2 Å². The highest BCUT2D eigenvalue weighted by Gasteiger charge is 2.22. The largest absolute Gasteiger partial charge is 0.475 e. The number of sulfonamides is 1. The number of nitrogens with one attached hydrogen (secondary N) is 2. The summed E-state index contributed by atoms with van der Waals surface area (Å²) in [5.74, 6) is 0.700. The molecule has 10 heteroatoms. The zero-order valence-corrected chi connectivity index (χ0v) is 20.1. The van der Waals surface area contributed by atoms with Gasteiger partial charge in [-0.3, -0.25) is 4.79 Å². The molecule has 0 radical (unpaired) electrons. The fourth-order valence-electron chi connectivity index (χ4n) is 3.76. The first-order chi connectivity index (χ1) is 15.8. The maximum Gasteiger partial charge on any atom is 0.264 e. The van der Waals surface area contributed by atoms with Gasteiger partial charge < -0.3 is 14.8 Å². The smallest absolute Gasteiger partial charge is 0.264 e. The van der Waals surface area contributed by atoms with Crippen LogP contribution in [0.4, 0.5) is 5.95 Å². The molecule has 2 N–H and O–H groups in total. The van der Waals surface area contributed by atoms with Gasteiger partial charge in [0, 0.05) is 25.2 Å². The topological polar surface area (TPSA) is 120 Å². The monoisotopic (exact) mass is 476 g/mol. The highest BCUT2D eigenvalue weighted by atomic mass is 32.2. The number of carbonyl (C=O) groups excluding carboxylic acids is 1. The Balaban J connectivity index is 1.86. The molecule has 0 aliphatic carbocycles. The number of aromatic nitrogens is 2. The van der Waals surface area contributed by atoms with Gasteiger partial charge in [-0.15, -0.1) is 0 Å². The van der Waals surface area contributed by atoms with Crippen molar-refractivity contribution in [1.29, 1.82) is 0 Å². The van der Waals surface area contributed by atoms with Crippen LogP contribution in [-0.4, -0.2) is 50.7 Å². The van der Waals surface area contributed by atoms with Crippen molar-refractivity contribution in [2.45, 2.75) is 56.9 Å². The lowest BCUT2D eigenvalue weighted by atomic mass is 9.96. The molecule has 180 valence electrons. The summed E-state index contributed by atoms with van der Waals surface area (Å²) in [6.07, 6.45) is 2.96. The van der Waals surface area contributed by atoms with Crippen LogP contribution >= 0.6 is 0 Å². The summed E-state index contributed by atoms with van der Waals surface area (Å²) >= 11 is 0. The molecule has 0 spiro atoms. The molecule has 0 bridgehead atoms. The van der Waals surface area contributed by atoms with E-state index in [1.165, 1.54) is 6.07 Å². The number of anilines is 1. The van der Waals surface area contributed by atoms with Gasteiger partial charge >= 0.3 is 0 Å². The first-order valence-electron chi connectivity index (χ1n) is 11.2. The number of rotatable bonds is 11. The van der Waals surface area contributed by atoms with Gasteiger partial charge in [0.1, 0.15) is 6.61 Å². The van der Waals surface area contributed by atoms with Gasteiger partial charge in [-0.05, 0) is 49.8 Å². The van der Waals surface area contributed by atoms with Crippen LogP contribution in [0.2, 0.25) is 0 Å². The van der Waals surface area contributed by atoms with Crippen LogP contribution in [0, 0.1) is 12.8 Å². The van der Waals surface area contributed by atoms with Gasteiger partial charge in [-0.25, -0.2) is 18.1 Å². The zero-order chi connectivity index (χ0) is 23.8. The average Bonchev–Trinajstić information content (AvgIpc) is 2.77. The standard InChI is InChI=1S/C23H32N4O5S/c1-16(2)11-19(24-15-28)14-32-22-13-21(18-7-9-31-10-8-18)25-23(26-22)27-33(29,30)20-6-4-5-17(3)12-20/h4-6,12-13,15-16,18-19H,7-11,14H2,1-3H3,(H,24,28)(H,25,26,27)/t19-/m1/s1. The molecule has 1 atom stereocenters. The lowest BCUT2D eigenvalue weighted by molar-refractivity contribution is -0.110. The average molecular weight is 477 g/mol. The number of amides is 1. The zero-order valence-electron chi connectivity index (χ0n) is 19.3. The summed E-state index contributed by atoms with van der Waals surface area (Å²) < 4.78 is 39.7. The highest BCUT2D eigenvalue weighted by Crippen LogP contribution is 2.29. The van der Waals surface area contributed by atoms with E-state index in [1.54, 1.807) is 18.2 Å². The predicted octanol–water partition coefficient (Wildman–Crippen LogP) is 3.02. The summed E-state index contributed by atoms with van der Waals surface area (Å²) in [7, 11) is -3.87. The molecule has 1 aliphatic heterocycles. The van der Waals surface area contributed by atoms with Crippen LogP contribution in [-0.2, 0) is 19.6 Å². The first-order valence-corrected chi connectivity index (χ1v) is 12.6. The molecular weight excluding hydrogens is 444 g/mol. The number of hydrogen-bond acceptors (Lipinski definition) is 7. The summed E-state index contributed by atoms with van der Waals surface area (Å²) in [4.78, 5) is 19.9. The fraction of sp³-hybridized carbons (Fsp3) is 0.522. The quantitative estimate of drug-likeness (QED) is 0.478. The number of nitrogens with zero attached hydrogens (tertiary/aromatic N) is 2. The van der Waals surface area contributed by atoms with Crippen molar-refractivity contribution in [3.63, 3.8) is 0 Å². The second-order valence-electron chi connectivity index (χ2n) is 8.69. The minimum Gasteiger partial charge on any atom is -0.475 e. The minimum atomic E-state index is -3.87. The van der Waals surface area contributed by atoms with E-state index in [0.29, 0.717) is 31.2 Å². The Labute approximate surface area is 195 Å². The van der Waals surface area contributed by atoms with Crippen LogP contribution < -0.4 is 14.8 Å². The van der Waals surface area contributed by atoms with Crippen molar-refractivity contribution in [2.75, 3.05) is 24.5 Å². The van der Waals surface area contributed by atoms with Gasteiger partial charge in [0.2, 0.25) is 18.2 Å². The van der Waals surface area contributed by atoms with Crippen LogP contribution in [0.15, 0.2) is 35.2 Å². The SMILES string of the molecule is Cc1cccc(S(=O)(=O)Nc2nc(OC[C@@H](CC(C)C)NC=O)cc(C3CCOCC3)n2)c1. The lowest BCUT2D eigenvalue weighted by Crippen LogP contribution is -2.35. The Morgan fingerprint density at radius 2 is 1.97 bits per heavy atom. The van der Waals surface area contributed by atoms with Gasteiger partial charge in [0.25, 0.3) is 10.0 Å². The maximum atomic E-state index is 12.9. The molecule has 2 heterocycles.